The van der Waals surface area contributed by atoms with Gasteiger partial charge in [-0.25, -0.2) is 14.8 Å². The molecule has 1 saturated heterocycles. The first kappa shape index (κ1) is 23.5. The predicted octanol–water partition coefficient (Wildman–Crippen LogP) is 4.18. The van der Waals surface area contributed by atoms with E-state index in [1.165, 1.54) is 0 Å². The summed E-state index contributed by atoms with van der Waals surface area (Å²) in [4.78, 5) is 42.6. The number of hydrogen-bond acceptors (Lipinski definition) is 6. The molecule has 0 aliphatic carbocycles. The molecule has 0 bridgehead atoms. The molecule has 1 aliphatic rings. The van der Waals surface area contributed by atoms with Gasteiger partial charge in [-0.3, -0.25) is 14.3 Å². The number of aromatic nitrogens is 4. The Bertz CT molecular complexity index is 1380. The van der Waals surface area contributed by atoms with Gasteiger partial charge in [0.15, 0.2) is 11.5 Å². The molecule has 3 aromatic heterocycles. The minimum atomic E-state index is -0.543. The summed E-state index contributed by atoms with van der Waals surface area (Å²) in [7, 11) is 0. The number of benzene rings is 1. The lowest BCUT2D eigenvalue weighted by molar-refractivity contribution is 0.0141. The normalized spacial score (nSPS) is 14.2. The maximum atomic E-state index is 13.2. The molecule has 36 heavy (non-hydrogen) atoms. The van der Waals surface area contributed by atoms with Gasteiger partial charge >= 0.3 is 6.09 Å². The molecule has 5 rings (SSSR count). The Morgan fingerprint density at radius 1 is 0.833 bits per heavy atom. The van der Waals surface area contributed by atoms with Gasteiger partial charge in [-0.1, -0.05) is 6.07 Å². The van der Waals surface area contributed by atoms with Crippen molar-refractivity contribution in [3.63, 3.8) is 0 Å². The number of carbonyl (C=O) groups excluding carboxylic acids is 2. The summed E-state index contributed by atoms with van der Waals surface area (Å²) >= 11 is 0. The van der Waals surface area contributed by atoms with Crippen molar-refractivity contribution in [2.75, 3.05) is 26.2 Å². The Kier molecular flexibility index (Phi) is 6.13. The summed E-state index contributed by atoms with van der Waals surface area (Å²) in [5.41, 5.74) is 3.10. The summed E-state index contributed by atoms with van der Waals surface area (Å²) < 4.78 is 7.39. The quantitative estimate of drug-likeness (QED) is 0.433. The van der Waals surface area contributed by atoms with Gasteiger partial charge in [-0.2, -0.15) is 0 Å². The van der Waals surface area contributed by atoms with E-state index in [9.17, 15) is 9.59 Å². The van der Waals surface area contributed by atoms with Crippen molar-refractivity contribution in [3.05, 3.63) is 72.6 Å². The Hall–Kier alpha value is -4.27. The zero-order valence-corrected chi connectivity index (χ0v) is 20.6. The van der Waals surface area contributed by atoms with E-state index in [0.717, 1.165) is 22.5 Å². The van der Waals surface area contributed by atoms with Crippen LogP contribution < -0.4 is 0 Å². The Labute approximate surface area is 209 Å². The van der Waals surface area contributed by atoms with E-state index in [4.69, 9.17) is 9.72 Å². The van der Waals surface area contributed by atoms with Crippen LogP contribution in [-0.4, -0.2) is 73.1 Å². The van der Waals surface area contributed by atoms with Crippen LogP contribution in [0.5, 0.6) is 0 Å². The number of amides is 2. The molecule has 0 radical (unpaired) electrons. The van der Waals surface area contributed by atoms with Gasteiger partial charge in [-0.05, 0) is 69.3 Å². The van der Waals surface area contributed by atoms with Gasteiger partial charge in [0.1, 0.15) is 16.8 Å². The molecule has 1 aromatic carbocycles. The monoisotopic (exact) mass is 484 g/mol. The first-order valence-electron chi connectivity index (χ1n) is 11.9. The summed E-state index contributed by atoms with van der Waals surface area (Å²) in [6, 6.07) is 16.9. The van der Waals surface area contributed by atoms with E-state index < -0.39 is 5.60 Å². The van der Waals surface area contributed by atoms with Crippen LogP contribution in [-0.2, 0) is 4.74 Å². The van der Waals surface area contributed by atoms with Crippen LogP contribution in [0.2, 0.25) is 0 Å². The van der Waals surface area contributed by atoms with E-state index >= 15 is 0 Å². The smallest absolute Gasteiger partial charge is 0.410 e. The third kappa shape index (κ3) is 4.77. The Morgan fingerprint density at radius 3 is 2.19 bits per heavy atom. The van der Waals surface area contributed by atoms with Crippen molar-refractivity contribution in [2.45, 2.75) is 26.4 Å². The fourth-order valence-corrected chi connectivity index (χ4v) is 4.18. The molecule has 4 heterocycles. The highest BCUT2D eigenvalue weighted by Gasteiger charge is 2.28. The highest BCUT2D eigenvalue weighted by molar-refractivity contribution is 5.94. The average molecular weight is 485 g/mol. The van der Waals surface area contributed by atoms with Gasteiger partial charge in [0.05, 0.1) is 0 Å². The molecule has 4 aromatic rings. The zero-order chi connectivity index (χ0) is 25.3. The molecule has 184 valence electrons. The summed E-state index contributed by atoms with van der Waals surface area (Å²) in [5.74, 6) is 0.616. The lowest BCUT2D eigenvalue weighted by atomic mass is 10.1. The number of nitrogens with zero attached hydrogens (tertiary/aromatic N) is 6. The Morgan fingerprint density at radius 2 is 1.53 bits per heavy atom. The molecule has 1 aliphatic heterocycles. The summed E-state index contributed by atoms with van der Waals surface area (Å²) in [6.45, 7) is 7.33. The van der Waals surface area contributed by atoms with E-state index in [2.05, 4.69) is 9.97 Å². The van der Waals surface area contributed by atoms with E-state index in [1.807, 2.05) is 79.9 Å². The van der Waals surface area contributed by atoms with Crippen LogP contribution in [0.25, 0.3) is 28.4 Å². The standard InChI is InChI=1S/C27H28N6O3/c1-27(2,3)36-26(35)32-17-15-31(16-18-32)25(34)19-9-11-20(12-10-19)33-23-22(8-6-14-29-23)30-24(33)21-7-4-5-13-28-21/h4-14H,15-18H2,1-3H3. The highest BCUT2D eigenvalue weighted by atomic mass is 16.6. The third-order valence-electron chi connectivity index (χ3n) is 5.90. The summed E-state index contributed by atoms with van der Waals surface area (Å²) in [5, 5.41) is 0. The predicted molar refractivity (Wildman–Crippen MR) is 136 cm³/mol. The second-order valence-corrected chi connectivity index (χ2v) is 9.64. The van der Waals surface area contributed by atoms with Crippen LogP contribution in [0.1, 0.15) is 31.1 Å². The number of rotatable bonds is 3. The highest BCUT2D eigenvalue weighted by Crippen LogP contribution is 2.26. The molecule has 0 unspecified atom stereocenters. The molecule has 0 atom stereocenters. The van der Waals surface area contributed by atoms with Gasteiger partial charge in [0.2, 0.25) is 0 Å². The molecule has 0 spiro atoms. The van der Waals surface area contributed by atoms with Gasteiger partial charge in [0.25, 0.3) is 5.91 Å². The number of pyridine rings is 2. The largest absolute Gasteiger partial charge is 0.444 e. The summed E-state index contributed by atoms with van der Waals surface area (Å²) in [6.07, 6.45) is 3.12. The molecule has 0 N–H and O–H groups in total. The lowest BCUT2D eigenvalue weighted by Gasteiger charge is -2.35. The average Bonchev–Trinajstić information content (AvgIpc) is 3.28. The van der Waals surface area contributed by atoms with Gasteiger partial charge < -0.3 is 14.5 Å². The first-order chi connectivity index (χ1) is 17.3. The van der Waals surface area contributed by atoms with E-state index in [0.29, 0.717) is 37.6 Å². The SMILES string of the molecule is CC(C)(C)OC(=O)N1CCN(C(=O)c2ccc(-n3c(-c4ccccn4)nc4cccnc43)cc2)CC1. The van der Waals surface area contributed by atoms with Crippen LogP contribution in [0.3, 0.4) is 0 Å². The zero-order valence-electron chi connectivity index (χ0n) is 20.6. The van der Waals surface area contributed by atoms with E-state index in [-0.39, 0.29) is 12.0 Å². The fourth-order valence-electron chi connectivity index (χ4n) is 4.18. The number of hydrogen-bond donors (Lipinski definition) is 0. The van der Waals surface area contributed by atoms with Crippen LogP contribution in [0.15, 0.2) is 67.0 Å². The van der Waals surface area contributed by atoms with Crippen LogP contribution in [0.4, 0.5) is 4.79 Å². The second-order valence-electron chi connectivity index (χ2n) is 9.64. The van der Waals surface area contributed by atoms with Crippen molar-refractivity contribution in [2.24, 2.45) is 0 Å². The number of imidazole rings is 1. The van der Waals surface area contributed by atoms with Gasteiger partial charge in [0, 0.05) is 49.8 Å². The van der Waals surface area contributed by atoms with Crippen molar-refractivity contribution in [3.8, 4) is 17.2 Å². The van der Waals surface area contributed by atoms with Crippen molar-refractivity contribution in [1.82, 2.24) is 29.3 Å². The van der Waals surface area contributed by atoms with Crippen molar-refractivity contribution >= 4 is 23.2 Å². The molecule has 0 saturated carbocycles. The topological polar surface area (TPSA) is 93.5 Å². The number of fused-ring (bicyclic) bond motifs is 1. The van der Waals surface area contributed by atoms with Crippen LogP contribution in [0, 0.1) is 0 Å². The lowest BCUT2D eigenvalue weighted by Crippen LogP contribution is -2.51. The number of ether oxygens (including phenoxy) is 1. The van der Waals surface area contributed by atoms with Gasteiger partial charge in [-0.15, -0.1) is 0 Å². The van der Waals surface area contributed by atoms with E-state index in [1.54, 1.807) is 22.2 Å². The molecule has 1 fully saturated rings. The number of carbonyl (C=O) groups is 2. The maximum Gasteiger partial charge on any atom is 0.410 e. The minimum absolute atomic E-state index is 0.0658. The molecular weight excluding hydrogens is 456 g/mol. The molecule has 9 nitrogen and oxygen atoms in total. The van der Waals surface area contributed by atoms with Crippen molar-refractivity contribution in [1.29, 1.82) is 0 Å². The Balaban J connectivity index is 1.35. The van der Waals surface area contributed by atoms with Crippen molar-refractivity contribution < 1.29 is 14.3 Å². The maximum absolute atomic E-state index is 13.2. The van der Waals surface area contributed by atoms with Crippen LogP contribution >= 0.6 is 0 Å². The molecule has 9 heteroatoms. The minimum Gasteiger partial charge on any atom is -0.444 e. The number of piperazine rings is 1. The molecule has 2 amide bonds. The first-order valence-corrected chi connectivity index (χ1v) is 11.9. The molecular formula is C27H28N6O3. The third-order valence-corrected chi connectivity index (χ3v) is 5.90. The fraction of sp³-hybridized carbons (Fsp3) is 0.296. The second kappa shape index (κ2) is 9.41.